The lowest BCUT2D eigenvalue weighted by atomic mass is 9.95. The lowest BCUT2D eigenvalue weighted by Gasteiger charge is -2.26. The van der Waals surface area contributed by atoms with Crippen LogP contribution >= 0.6 is 0 Å². The van der Waals surface area contributed by atoms with Gasteiger partial charge in [0, 0.05) is 11.6 Å². The molecule has 1 aromatic rings. The molecule has 1 rings (SSSR count). The number of methoxy groups -OCH3 is 1. The van der Waals surface area contributed by atoms with Crippen molar-refractivity contribution in [3.8, 4) is 11.5 Å². The number of carbonyl (C=O) groups is 3. The van der Waals surface area contributed by atoms with Gasteiger partial charge in [0.25, 0.3) is 11.8 Å². The van der Waals surface area contributed by atoms with E-state index in [1.807, 2.05) is 20.8 Å². The van der Waals surface area contributed by atoms with Crippen molar-refractivity contribution in [3.05, 3.63) is 23.8 Å². The number of carboxylic acids is 1. The molecule has 0 aliphatic rings. The van der Waals surface area contributed by atoms with E-state index in [2.05, 4.69) is 10.6 Å². The first-order valence-electron chi connectivity index (χ1n) is 8.79. The fourth-order valence-electron chi connectivity index (χ4n) is 2.48. The molecule has 0 aromatic heterocycles. The molecule has 1 unspecified atom stereocenters. The Kier molecular flexibility index (Phi) is 8.08. The van der Waals surface area contributed by atoms with Gasteiger partial charge in [-0.05, 0) is 45.4 Å². The van der Waals surface area contributed by atoms with E-state index in [9.17, 15) is 19.5 Å². The standard InChI is InChI=1S/C19H28N2O6/c1-6-9-19(4,18(24)25)21-17(23)13-7-8-14(15(10-13)26-5)27-11-16(22)20-12(2)3/h7-8,10,12H,6,9,11H2,1-5H3,(H,20,22)(H,21,23)(H,24,25). The van der Waals surface area contributed by atoms with E-state index in [-0.39, 0.29) is 29.9 Å². The van der Waals surface area contributed by atoms with Gasteiger partial charge in [-0.1, -0.05) is 13.3 Å². The van der Waals surface area contributed by atoms with Crippen molar-refractivity contribution in [3.63, 3.8) is 0 Å². The summed E-state index contributed by atoms with van der Waals surface area (Å²) in [4.78, 5) is 35.6. The van der Waals surface area contributed by atoms with Crippen molar-refractivity contribution >= 4 is 17.8 Å². The lowest BCUT2D eigenvalue weighted by molar-refractivity contribution is -0.144. The van der Waals surface area contributed by atoms with Crippen LogP contribution in [0.5, 0.6) is 11.5 Å². The summed E-state index contributed by atoms with van der Waals surface area (Å²) >= 11 is 0. The van der Waals surface area contributed by atoms with Crippen molar-refractivity contribution in [2.75, 3.05) is 13.7 Å². The summed E-state index contributed by atoms with van der Waals surface area (Å²) in [6.45, 7) is 6.81. The monoisotopic (exact) mass is 380 g/mol. The number of carboxylic acid groups (broad SMARTS) is 1. The molecule has 0 heterocycles. The van der Waals surface area contributed by atoms with Crippen LogP contribution in [0, 0.1) is 0 Å². The molecule has 0 saturated carbocycles. The van der Waals surface area contributed by atoms with Crippen molar-refractivity contribution in [2.45, 2.75) is 52.1 Å². The normalized spacial score (nSPS) is 12.8. The Morgan fingerprint density at radius 1 is 1.22 bits per heavy atom. The Hall–Kier alpha value is -2.77. The van der Waals surface area contributed by atoms with Gasteiger partial charge < -0.3 is 25.2 Å². The molecule has 0 saturated heterocycles. The van der Waals surface area contributed by atoms with Crippen LogP contribution in [-0.4, -0.2) is 48.2 Å². The first-order chi connectivity index (χ1) is 12.6. The summed E-state index contributed by atoms with van der Waals surface area (Å²) in [5, 5.41) is 14.6. The number of hydrogen-bond donors (Lipinski definition) is 3. The molecule has 1 atom stereocenters. The molecule has 8 heteroatoms. The molecule has 2 amide bonds. The number of ether oxygens (including phenoxy) is 2. The molecule has 0 fully saturated rings. The smallest absolute Gasteiger partial charge is 0.329 e. The molecule has 27 heavy (non-hydrogen) atoms. The van der Waals surface area contributed by atoms with Crippen LogP contribution in [0.1, 0.15) is 50.9 Å². The minimum Gasteiger partial charge on any atom is -0.493 e. The van der Waals surface area contributed by atoms with E-state index in [0.717, 1.165) is 0 Å². The maximum absolute atomic E-state index is 12.5. The van der Waals surface area contributed by atoms with Crippen LogP contribution in [-0.2, 0) is 9.59 Å². The Bertz CT molecular complexity index is 689. The molecule has 0 aliphatic carbocycles. The number of carbonyl (C=O) groups excluding carboxylic acids is 2. The Balaban J connectivity index is 2.90. The largest absolute Gasteiger partial charge is 0.493 e. The van der Waals surface area contributed by atoms with Crippen molar-refractivity contribution in [2.24, 2.45) is 0 Å². The van der Waals surface area contributed by atoms with E-state index >= 15 is 0 Å². The summed E-state index contributed by atoms with van der Waals surface area (Å²) in [5.41, 5.74) is -1.13. The van der Waals surface area contributed by atoms with E-state index in [1.165, 1.54) is 32.2 Å². The topological polar surface area (TPSA) is 114 Å². The second kappa shape index (κ2) is 9.80. The molecule has 0 aliphatic heterocycles. The molecule has 1 aromatic carbocycles. The van der Waals surface area contributed by atoms with Gasteiger partial charge in [-0.3, -0.25) is 9.59 Å². The van der Waals surface area contributed by atoms with Gasteiger partial charge in [-0.25, -0.2) is 4.79 Å². The number of rotatable bonds is 10. The number of amides is 2. The van der Waals surface area contributed by atoms with Crippen LogP contribution in [0.15, 0.2) is 18.2 Å². The van der Waals surface area contributed by atoms with Gasteiger partial charge in [0.2, 0.25) is 0 Å². The van der Waals surface area contributed by atoms with Gasteiger partial charge in [-0.2, -0.15) is 0 Å². The maximum atomic E-state index is 12.5. The Labute approximate surface area is 159 Å². The number of hydrogen-bond acceptors (Lipinski definition) is 5. The first-order valence-corrected chi connectivity index (χ1v) is 8.79. The highest BCUT2D eigenvalue weighted by Gasteiger charge is 2.34. The highest BCUT2D eigenvalue weighted by atomic mass is 16.5. The third-order valence-electron chi connectivity index (χ3n) is 3.85. The van der Waals surface area contributed by atoms with Crippen LogP contribution in [0.25, 0.3) is 0 Å². The van der Waals surface area contributed by atoms with Gasteiger partial charge in [-0.15, -0.1) is 0 Å². The minimum atomic E-state index is -1.36. The fourth-order valence-corrected chi connectivity index (χ4v) is 2.48. The number of aliphatic carboxylic acids is 1. The molecular formula is C19H28N2O6. The van der Waals surface area contributed by atoms with Gasteiger partial charge in [0.05, 0.1) is 7.11 Å². The van der Waals surface area contributed by atoms with Crippen molar-refractivity contribution in [1.82, 2.24) is 10.6 Å². The van der Waals surface area contributed by atoms with E-state index in [0.29, 0.717) is 18.6 Å². The first kappa shape index (κ1) is 22.3. The lowest BCUT2D eigenvalue weighted by Crippen LogP contribution is -2.52. The highest BCUT2D eigenvalue weighted by molar-refractivity contribution is 5.98. The Morgan fingerprint density at radius 3 is 2.41 bits per heavy atom. The summed E-state index contributed by atoms with van der Waals surface area (Å²) in [6.07, 6.45) is 0.912. The zero-order valence-electron chi connectivity index (χ0n) is 16.4. The fraction of sp³-hybridized carbons (Fsp3) is 0.526. The molecule has 3 N–H and O–H groups in total. The van der Waals surface area contributed by atoms with E-state index in [1.54, 1.807) is 0 Å². The number of benzene rings is 1. The SMILES string of the molecule is CCCC(C)(NC(=O)c1ccc(OCC(=O)NC(C)C)c(OC)c1)C(=O)O. The average Bonchev–Trinajstić information content (AvgIpc) is 2.59. The zero-order valence-corrected chi connectivity index (χ0v) is 16.4. The van der Waals surface area contributed by atoms with Gasteiger partial charge >= 0.3 is 5.97 Å². The molecule has 0 spiro atoms. The van der Waals surface area contributed by atoms with Crippen LogP contribution in [0.4, 0.5) is 0 Å². The Morgan fingerprint density at radius 2 is 1.89 bits per heavy atom. The molecule has 0 radical (unpaired) electrons. The van der Waals surface area contributed by atoms with Crippen LogP contribution in [0.3, 0.4) is 0 Å². The van der Waals surface area contributed by atoms with Crippen molar-refractivity contribution in [1.29, 1.82) is 0 Å². The third kappa shape index (κ3) is 6.47. The zero-order chi connectivity index (χ0) is 20.6. The van der Waals surface area contributed by atoms with Crippen molar-refractivity contribution < 1.29 is 29.0 Å². The average molecular weight is 380 g/mol. The van der Waals surface area contributed by atoms with Crippen LogP contribution in [0.2, 0.25) is 0 Å². The van der Waals surface area contributed by atoms with Crippen LogP contribution < -0.4 is 20.1 Å². The summed E-state index contributed by atoms with van der Waals surface area (Å²) in [5.74, 6) is -1.32. The molecule has 150 valence electrons. The summed E-state index contributed by atoms with van der Waals surface area (Å²) in [6, 6.07) is 4.44. The highest BCUT2D eigenvalue weighted by Crippen LogP contribution is 2.28. The van der Waals surface area contributed by atoms with Gasteiger partial charge in [0.15, 0.2) is 18.1 Å². The second-order valence-electron chi connectivity index (χ2n) is 6.72. The summed E-state index contributed by atoms with van der Waals surface area (Å²) in [7, 11) is 1.41. The molecular weight excluding hydrogens is 352 g/mol. The quantitative estimate of drug-likeness (QED) is 0.572. The third-order valence-corrected chi connectivity index (χ3v) is 3.85. The molecule has 0 bridgehead atoms. The van der Waals surface area contributed by atoms with Gasteiger partial charge in [0.1, 0.15) is 5.54 Å². The second-order valence-corrected chi connectivity index (χ2v) is 6.72. The predicted octanol–water partition coefficient (Wildman–Crippen LogP) is 1.97. The van der Waals surface area contributed by atoms with E-state index in [4.69, 9.17) is 9.47 Å². The number of nitrogens with one attached hydrogen (secondary N) is 2. The summed E-state index contributed by atoms with van der Waals surface area (Å²) < 4.78 is 10.7. The molecule has 8 nitrogen and oxygen atoms in total. The predicted molar refractivity (Wildman–Crippen MR) is 100 cm³/mol. The maximum Gasteiger partial charge on any atom is 0.329 e. The van der Waals surface area contributed by atoms with E-state index < -0.39 is 17.4 Å². The minimum absolute atomic E-state index is 0.000679.